The van der Waals surface area contributed by atoms with Crippen LogP contribution >= 0.6 is 0 Å². The van der Waals surface area contributed by atoms with Crippen LogP contribution in [0, 0.1) is 13.8 Å². The third kappa shape index (κ3) is 4.46. The monoisotopic (exact) mass is 368 g/mol. The Labute approximate surface area is 159 Å². The summed E-state index contributed by atoms with van der Waals surface area (Å²) >= 11 is 0. The van der Waals surface area contributed by atoms with Crippen molar-refractivity contribution in [3.63, 3.8) is 0 Å². The summed E-state index contributed by atoms with van der Waals surface area (Å²) in [5.41, 5.74) is 3.60. The number of aryl methyl sites for hydroxylation is 2. The number of nitrogens with zero attached hydrogens (tertiary/aromatic N) is 1. The van der Waals surface area contributed by atoms with Gasteiger partial charge >= 0.3 is 0 Å². The van der Waals surface area contributed by atoms with E-state index in [1.54, 1.807) is 12.0 Å². The van der Waals surface area contributed by atoms with Crippen molar-refractivity contribution in [2.45, 2.75) is 20.0 Å². The van der Waals surface area contributed by atoms with Crippen LogP contribution in [0.25, 0.3) is 0 Å². The number of benzene rings is 2. The molecule has 1 aliphatic rings. The second kappa shape index (κ2) is 8.22. The van der Waals surface area contributed by atoms with E-state index in [1.807, 2.05) is 56.3 Å². The van der Waals surface area contributed by atoms with Crippen molar-refractivity contribution in [1.82, 2.24) is 5.32 Å². The Morgan fingerprint density at radius 3 is 2.78 bits per heavy atom. The minimum absolute atomic E-state index is 0.0125. The Morgan fingerprint density at radius 2 is 2.04 bits per heavy atom. The Morgan fingerprint density at radius 1 is 1.22 bits per heavy atom. The molecule has 0 radical (unpaired) electrons. The molecule has 2 aromatic carbocycles. The molecular formula is C21H24N2O4. The third-order valence-corrected chi connectivity index (χ3v) is 4.75. The Kier molecular flexibility index (Phi) is 5.76. The van der Waals surface area contributed by atoms with E-state index in [2.05, 4.69) is 5.32 Å². The lowest BCUT2D eigenvalue weighted by Gasteiger charge is -2.33. The van der Waals surface area contributed by atoms with Gasteiger partial charge in [-0.1, -0.05) is 12.1 Å². The molecular weight excluding hydrogens is 344 g/mol. The van der Waals surface area contributed by atoms with Gasteiger partial charge < -0.3 is 19.7 Å². The van der Waals surface area contributed by atoms with Crippen molar-refractivity contribution < 1.29 is 19.1 Å². The summed E-state index contributed by atoms with van der Waals surface area (Å²) in [5.74, 6) is 0.429. The first kappa shape index (κ1) is 18.9. The number of anilines is 1. The summed E-state index contributed by atoms with van der Waals surface area (Å²) in [7, 11) is 1.59. The van der Waals surface area contributed by atoms with Gasteiger partial charge in [0, 0.05) is 23.9 Å². The molecule has 0 saturated carbocycles. The zero-order chi connectivity index (χ0) is 19.4. The van der Waals surface area contributed by atoms with Gasteiger partial charge in [-0.15, -0.1) is 0 Å². The van der Waals surface area contributed by atoms with Gasteiger partial charge in [0.25, 0.3) is 11.8 Å². The van der Waals surface area contributed by atoms with Crippen LogP contribution in [-0.2, 0) is 9.53 Å². The highest BCUT2D eigenvalue weighted by Gasteiger charge is 2.28. The molecule has 1 heterocycles. The van der Waals surface area contributed by atoms with Gasteiger partial charge in [0.1, 0.15) is 12.4 Å². The molecule has 6 heteroatoms. The SMILES string of the molecule is COc1cccc(N2CC(CNC(=O)c3ccc(C)c(C)c3)OCC2=O)c1. The minimum Gasteiger partial charge on any atom is -0.497 e. The quantitative estimate of drug-likeness (QED) is 0.880. The molecule has 142 valence electrons. The smallest absolute Gasteiger partial charge is 0.253 e. The van der Waals surface area contributed by atoms with Gasteiger partial charge in [-0.3, -0.25) is 9.59 Å². The van der Waals surface area contributed by atoms with Gasteiger partial charge in [-0.2, -0.15) is 0 Å². The lowest BCUT2D eigenvalue weighted by molar-refractivity contribution is -0.129. The predicted molar refractivity (Wildman–Crippen MR) is 103 cm³/mol. The topological polar surface area (TPSA) is 67.9 Å². The first-order valence-corrected chi connectivity index (χ1v) is 8.89. The second-order valence-electron chi connectivity index (χ2n) is 6.65. The summed E-state index contributed by atoms with van der Waals surface area (Å²) in [5, 5.41) is 2.90. The van der Waals surface area contributed by atoms with Gasteiger partial charge in [0.2, 0.25) is 0 Å². The number of carbonyl (C=O) groups is 2. The summed E-state index contributed by atoms with van der Waals surface area (Å²) in [6.45, 7) is 4.69. The van der Waals surface area contributed by atoms with Gasteiger partial charge in [0.15, 0.2) is 0 Å². The van der Waals surface area contributed by atoms with E-state index >= 15 is 0 Å². The number of methoxy groups -OCH3 is 1. The lowest BCUT2D eigenvalue weighted by Crippen LogP contribution is -2.50. The molecule has 6 nitrogen and oxygen atoms in total. The van der Waals surface area contributed by atoms with Crippen LogP contribution in [0.4, 0.5) is 5.69 Å². The van der Waals surface area contributed by atoms with Crippen molar-refractivity contribution in [1.29, 1.82) is 0 Å². The summed E-state index contributed by atoms with van der Waals surface area (Å²) in [6.07, 6.45) is -0.274. The Balaban J connectivity index is 1.63. The van der Waals surface area contributed by atoms with Gasteiger partial charge in [-0.25, -0.2) is 0 Å². The van der Waals surface area contributed by atoms with Crippen LogP contribution in [0.5, 0.6) is 5.75 Å². The molecule has 2 aromatic rings. The highest BCUT2D eigenvalue weighted by molar-refractivity contribution is 5.96. The molecule has 1 saturated heterocycles. The largest absolute Gasteiger partial charge is 0.497 e. The Hall–Kier alpha value is -2.86. The Bertz CT molecular complexity index is 850. The molecule has 0 spiro atoms. The molecule has 1 fully saturated rings. The maximum atomic E-state index is 12.4. The molecule has 1 atom stereocenters. The van der Waals surface area contributed by atoms with Crippen LogP contribution in [0.3, 0.4) is 0 Å². The zero-order valence-electron chi connectivity index (χ0n) is 15.8. The highest BCUT2D eigenvalue weighted by atomic mass is 16.5. The fraction of sp³-hybridized carbons (Fsp3) is 0.333. The molecule has 1 unspecified atom stereocenters. The molecule has 2 amide bonds. The van der Waals surface area contributed by atoms with E-state index in [0.717, 1.165) is 16.8 Å². The van der Waals surface area contributed by atoms with E-state index in [4.69, 9.17) is 9.47 Å². The van der Waals surface area contributed by atoms with Crippen molar-refractivity contribution in [2.75, 3.05) is 31.7 Å². The van der Waals surface area contributed by atoms with Crippen molar-refractivity contribution >= 4 is 17.5 Å². The second-order valence-corrected chi connectivity index (χ2v) is 6.65. The van der Waals surface area contributed by atoms with Crippen molar-refractivity contribution in [3.8, 4) is 5.75 Å². The summed E-state index contributed by atoms with van der Waals surface area (Å²) in [6, 6.07) is 13.0. The molecule has 3 rings (SSSR count). The van der Waals surface area contributed by atoms with E-state index in [1.165, 1.54) is 0 Å². The minimum atomic E-state index is -0.274. The van der Waals surface area contributed by atoms with E-state index in [0.29, 0.717) is 24.4 Å². The van der Waals surface area contributed by atoms with Crippen LogP contribution in [0.2, 0.25) is 0 Å². The van der Waals surface area contributed by atoms with Gasteiger partial charge in [0.05, 0.1) is 19.8 Å². The maximum absolute atomic E-state index is 12.4. The number of hydrogen-bond donors (Lipinski definition) is 1. The fourth-order valence-corrected chi connectivity index (χ4v) is 2.97. The molecule has 0 aromatic heterocycles. The van der Waals surface area contributed by atoms with Crippen molar-refractivity contribution in [3.05, 3.63) is 59.2 Å². The number of ether oxygens (including phenoxy) is 2. The molecule has 1 N–H and O–H groups in total. The predicted octanol–water partition coefficient (Wildman–Crippen LogP) is 2.47. The molecule has 1 aliphatic heterocycles. The molecule has 0 bridgehead atoms. The number of morpholine rings is 1. The number of nitrogens with one attached hydrogen (secondary N) is 1. The lowest BCUT2D eigenvalue weighted by atomic mass is 10.1. The van der Waals surface area contributed by atoms with Gasteiger partial charge in [-0.05, 0) is 49.2 Å². The zero-order valence-corrected chi connectivity index (χ0v) is 15.8. The van der Waals surface area contributed by atoms with E-state index in [9.17, 15) is 9.59 Å². The molecule has 27 heavy (non-hydrogen) atoms. The standard InChI is InChI=1S/C21H24N2O4/c1-14-7-8-16(9-15(14)2)21(25)22-11-19-12-23(20(24)13-27-19)17-5-4-6-18(10-17)26-3/h4-10,19H,11-13H2,1-3H3,(H,22,25). The summed E-state index contributed by atoms with van der Waals surface area (Å²) in [4.78, 5) is 26.3. The van der Waals surface area contributed by atoms with Crippen LogP contribution < -0.4 is 15.0 Å². The van der Waals surface area contributed by atoms with E-state index in [-0.39, 0.29) is 24.5 Å². The molecule has 0 aliphatic carbocycles. The average Bonchev–Trinajstić information content (AvgIpc) is 2.69. The van der Waals surface area contributed by atoms with Crippen LogP contribution in [-0.4, -0.2) is 44.7 Å². The fourth-order valence-electron chi connectivity index (χ4n) is 2.97. The van der Waals surface area contributed by atoms with Crippen LogP contribution in [0.15, 0.2) is 42.5 Å². The number of hydrogen-bond acceptors (Lipinski definition) is 4. The van der Waals surface area contributed by atoms with Crippen LogP contribution in [0.1, 0.15) is 21.5 Å². The number of amides is 2. The average molecular weight is 368 g/mol. The number of rotatable bonds is 5. The normalized spacial score (nSPS) is 16.9. The maximum Gasteiger partial charge on any atom is 0.253 e. The summed E-state index contributed by atoms with van der Waals surface area (Å²) < 4.78 is 10.8. The number of carbonyl (C=O) groups excluding carboxylic acids is 2. The first-order valence-electron chi connectivity index (χ1n) is 8.89. The third-order valence-electron chi connectivity index (χ3n) is 4.75. The van der Waals surface area contributed by atoms with E-state index < -0.39 is 0 Å². The first-order chi connectivity index (χ1) is 13.0. The van der Waals surface area contributed by atoms with Crippen molar-refractivity contribution in [2.24, 2.45) is 0 Å². The highest BCUT2D eigenvalue weighted by Crippen LogP contribution is 2.23.